The highest BCUT2D eigenvalue weighted by Gasteiger charge is 2.41. The van der Waals surface area contributed by atoms with Gasteiger partial charge in [0.2, 0.25) is 5.91 Å². The Kier molecular flexibility index (Phi) is 5.48. The molecular weight excluding hydrogens is 340 g/mol. The monoisotopic (exact) mass is 368 g/mol. The smallest absolute Gasteiger partial charge is 0.222 e. The second kappa shape index (κ2) is 8.17. The first kappa shape index (κ1) is 18.1. The fraction of sp³-hybridized carbons (Fsp3) is 0.600. The fourth-order valence-corrected chi connectivity index (χ4v) is 4.62. The van der Waals surface area contributed by atoms with Gasteiger partial charge in [-0.2, -0.15) is 0 Å². The van der Waals surface area contributed by atoms with Crippen LogP contribution in [0.4, 0.5) is 0 Å². The first-order valence-electron chi connectivity index (χ1n) is 9.97. The van der Waals surface area contributed by atoms with Crippen LogP contribution >= 0.6 is 0 Å². The van der Waals surface area contributed by atoms with Crippen LogP contribution in [0.1, 0.15) is 37.7 Å². The highest BCUT2D eigenvalue weighted by atomic mass is 16.2. The Morgan fingerprint density at radius 3 is 2.78 bits per heavy atom. The lowest BCUT2D eigenvalue weighted by Gasteiger charge is -2.48. The summed E-state index contributed by atoms with van der Waals surface area (Å²) < 4.78 is 1.79. The van der Waals surface area contributed by atoms with Crippen molar-refractivity contribution in [1.29, 1.82) is 0 Å². The summed E-state index contributed by atoms with van der Waals surface area (Å²) in [7, 11) is 0. The maximum atomic E-state index is 12.5. The van der Waals surface area contributed by atoms with E-state index in [0.717, 1.165) is 52.1 Å². The molecule has 0 radical (unpaired) electrons. The second-order valence-corrected chi connectivity index (χ2v) is 8.04. The third kappa shape index (κ3) is 4.53. The number of carbonyl (C=O) groups excluding carboxylic acids is 1. The van der Waals surface area contributed by atoms with Crippen LogP contribution in [0.15, 0.2) is 36.7 Å². The van der Waals surface area contributed by atoms with Crippen LogP contribution in [0.3, 0.4) is 0 Å². The van der Waals surface area contributed by atoms with Crippen molar-refractivity contribution in [2.75, 3.05) is 26.2 Å². The van der Waals surface area contributed by atoms with Crippen molar-refractivity contribution >= 4 is 5.91 Å². The average molecular weight is 368 g/mol. The van der Waals surface area contributed by atoms with Gasteiger partial charge >= 0.3 is 0 Å². The van der Waals surface area contributed by atoms with Crippen LogP contribution < -0.4 is 0 Å². The number of hydrogen-bond donors (Lipinski definition) is 0. The van der Waals surface area contributed by atoms with Crippen LogP contribution in [-0.2, 0) is 17.9 Å². The molecule has 2 saturated heterocycles. The largest absolute Gasteiger partial charge is 0.338 e. The van der Waals surface area contributed by atoms with E-state index in [1.165, 1.54) is 18.4 Å². The minimum absolute atomic E-state index is 0.260. The number of tetrazole rings is 1. The SMILES string of the molecule is O=C1CCC2(CCCN(CCCn3cnnn3)C2)CN1Cc1ccccc1. The Morgan fingerprint density at radius 2 is 1.96 bits per heavy atom. The highest BCUT2D eigenvalue weighted by Crippen LogP contribution is 2.39. The number of rotatable bonds is 6. The molecule has 2 fully saturated rings. The van der Waals surface area contributed by atoms with Gasteiger partial charge in [-0.3, -0.25) is 4.79 Å². The third-order valence-electron chi connectivity index (χ3n) is 5.96. The molecule has 1 aromatic carbocycles. The predicted octanol–water partition coefficient (Wildman–Crippen LogP) is 1.97. The van der Waals surface area contributed by atoms with Gasteiger partial charge in [0.1, 0.15) is 6.33 Å². The molecule has 27 heavy (non-hydrogen) atoms. The molecule has 2 aliphatic rings. The number of hydrogen-bond acceptors (Lipinski definition) is 5. The van der Waals surface area contributed by atoms with E-state index in [9.17, 15) is 4.79 Å². The molecule has 1 aromatic heterocycles. The van der Waals surface area contributed by atoms with E-state index in [4.69, 9.17) is 0 Å². The lowest BCUT2D eigenvalue weighted by atomic mass is 9.73. The number of benzene rings is 1. The Bertz CT molecular complexity index is 734. The summed E-state index contributed by atoms with van der Waals surface area (Å²) in [4.78, 5) is 17.2. The van der Waals surface area contributed by atoms with E-state index in [0.29, 0.717) is 12.3 Å². The highest BCUT2D eigenvalue weighted by molar-refractivity contribution is 5.77. The molecule has 4 rings (SSSR count). The van der Waals surface area contributed by atoms with E-state index in [1.54, 1.807) is 11.0 Å². The van der Waals surface area contributed by atoms with Gasteiger partial charge in [0.15, 0.2) is 0 Å². The van der Waals surface area contributed by atoms with Crippen molar-refractivity contribution in [3.05, 3.63) is 42.2 Å². The van der Waals surface area contributed by atoms with Gasteiger partial charge in [-0.15, -0.1) is 5.10 Å². The average Bonchev–Trinajstić information content (AvgIpc) is 3.20. The number of aromatic nitrogens is 4. The maximum Gasteiger partial charge on any atom is 0.222 e. The van der Waals surface area contributed by atoms with Crippen molar-refractivity contribution in [3.63, 3.8) is 0 Å². The topological polar surface area (TPSA) is 67.2 Å². The fourth-order valence-electron chi connectivity index (χ4n) is 4.62. The first-order valence-corrected chi connectivity index (χ1v) is 9.97. The number of carbonyl (C=O) groups is 1. The maximum absolute atomic E-state index is 12.5. The molecule has 0 bridgehead atoms. The van der Waals surface area contributed by atoms with Crippen molar-refractivity contribution in [2.24, 2.45) is 5.41 Å². The van der Waals surface area contributed by atoms with Crippen LogP contribution in [0.25, 0.3) is 0 Å². The molecule has 1 spiro atoms. The Hall–Kier alpha value is -2.28. The summed E-state index contributed by atoms with van der Waals surface area (Å²) in [5, 5.41) is 11.3. The zero-order valence-corrected chi connectivity index (χ0v) is 15.8. The summed E-state index contributed by atoms with van der Waals surface area (Å²) in [5.41, 5.74) is 1.48. The summed E-state index contributed by atoms with van der Waals surface area (Å²) in [6.07, 6.45) is 6.89. The number of aryl methyl sites for hydroxylation is 1. The number of likely N-dealkylation sites (tertiary alicyclic amines) is 2. The van der Waals surface area contributed by atoms with Crippen LogP contribution in [-0.4, -0.2) is 62.1 Å². The molecule has 1 amide bonds. The first-order chi connectivity index (χ1) is 13.2. The van der Waals surface area contributed by atoms with E-state index in [2.05, 4.69) is 37.5 Å². The Balaban J connectivity index is 1.34. The number of amides is 1. The summed E-state index contributed by atoms with van der Waals surface area (Å²) in [5.74, 6) is 0.306. The minimum atomic E-state index is 0.260. The Morgan fingerprint density at radius 1 is 1.07 bits per heavy atom. The molecule has 7 heteroatoms. The van der Waals surface area contributed by atoms with Crippen molar-refractivity contribution < 1.29 is 4.79 Å². The quantitative estimate of drug-likeness (QED) is 0.780. The molecule has 0 N–H and O–H groups in total. The summed E-state index contributed by atoms with van der Waals surface area (Å²) >= 11 is 0. The van der Waals surface area contributed by atoms with Crippen molar-refractivity contribution in [1.82, 2.24) is 30.0 Å². The van der Waals surface area contributed by atoms with Crippen molar-refractivity contribution in [3.8, 4) is 0 Å². The molecule has 2 aromatic rings. The summed E-state index contributed by atoms with van der Waals surface area (Å²) in [6, 6.07) is 10.3. The molecule has 1 atom stereocenters. The van der Waals surface area contributed by atoms with Gasteiger partial charge in [-0.05, 0) is 54.8 Å². The molecule has 0 aliphatic carbocycles. The zero-order valence-electron chi connectivity index (χ0n) is 15.8. The normalized spacial score (nSPS) is 23.9. The molecule has 2 aliphatic heterocycles. The van der Waals surface area contributed by atoms with Crippen LogP contribution in [0, 0.1) is 5.41 Å². The minimum Gasteiger partial charge on any atom is -0.338 e. The van der Waals surface area contributed by atoms with Gasteiger partial charge in [-0.1, -0.05) is 30.3 Å². The summed E-state index contributed by atoms with van der Waals surface area (Å²) in [6.45, 7) is 5.81. The van der Waals surface area contributed by atoms with Gasteiger partial charge in [0.05, 0.1) is 0 Å². The van der Waals surface area contributed by atoms with E-state index in [-0.39, 0.29) is 5.41 Å². The van der Waals surface area contributed by atoms with Gasteiger partial charge < -0.3 is 9.80 Å². The predicted molar refractivity (Wildman–Crippen MR) is 102 cm³/mol. The lowest BCUT2D eigenvalue weighted by molar-refractivity contribution is -0.140. The van der Waals surface area contributed by atoms with Crippen LogP contribution in [0.2, 0.25) is 0 Å². The second-order valence-electron chi connectivity index (χ2n) is 8.04. The molecule has 0 saturated carbocycles. The van der Waals surface area contributed by atoms with E-state index >= 15 is 0 Å². The van der Waals surface area contributed by atoms with Gasteiger partial charge in [0.25, 0.3) is 0 Å². The molecular formula is C20H28N6O. The van der Waals surface area contributed by atoms with Crippen molar-refractivity contribution in [2.45, 2.75) is 45.2 Å². The Labute approximate surface area is 160 Å². The molecule has 3 heterocycles. The lowest BCUT2D eigenvalue weighted by Crippen LogP contribution is -2.53. The molecule has 7 nitrogen and oxygen atoms in total. The standard InChI is InChI=1S/C20H28N6O/c27-19-8-10-20(16-25(19)14-18-6-2-1-3-7-18)9-4-11-24(15-20)12-5-13-26-17-21-22-23-26/h1-3,6-7,17H,4-5,8-16H2. The zero-order chi connectivity index (χ0) is 18.5. The van der Waals surface area contributed by atoms with E-state index < -0.39 is 0 Å². The van der Waals surface area contributed by atoms with E-state index in [1.807, 2.05) is 18.2 Å². The van der Waals surface area contributed by atoms with Crippen LogP contribution in [0.5, 0.6) is 0 Å². The molecule has 144 valence electrons. The molecule has 1 unspecified atom stereocenters. The third-order valence-corrected chi connectivity index (χ3v) is 5.96. The number of nitrogens with zero attached hydrogens (tertiary/aromatic N) is 6. The number of piperidine rings is 2. The van der Waals surface area contributed by atoms with Gasteiger partial charge in [0, 0.05) is 38.0 Å². The van der Waals surface area contributed by atoms with Gasteiger partial charge in [-0.25, -0.2) is 4.68 Å².